The molecule has 1 aromatic carbocycles. The molecule has 0 bridgehead atoms. The van der Waals surface area contributed by atoms with E-state index in [0.29, 0.717) is 6.04 Å². The molecule has 3 atom stereocenters. The predicted octanol–water partition coefficient (Wildman–Crippen LogP) is 2.94. The van der Waals surface area contributed by atoms with Gasteiger partial charge in [0.05, 0.1) is 0 Å². The molecule has 15 heavy (non-hydrogen) atoms. The maximum Gasteiger partial charge on any atom is 0.0354 e. The van der Waals surface area contributed by atoms with Crippen molar-refractivity contribution in [1.82, 2.24) is 5.32 Å². The molecule has 2 aliphatic carbocycles. The molecule has 1 aromatic rings. The summed E-state index contributed by atoms with van der Waals surface area (Å²) in [5.41, 5.74) is 6.40. The third-order valence-electron chi connectivity index (χ3n) is 4.47. The molecule has 3 rings (SSSR count). The average Bonchev–Trinajstić information content (AvgIpc) is 2.75. The van der Waals surface area contributed by atoms with E-state index < -0.39 is 0 Å². The van der Waals surface area contributed by atoms with Crippen LogP contribution < -0.4 is 5.32 Å². The first kappa shape index (κ1) is 9.41. The molecule has 80 valence electrons. The third-order valence-corrected chi connectivity index (χ3v) is 4.47. The Morgan fingerprint density at radius 1 is 1.27 bits per heavy atom. The zero-order valence-corrected chi connectivity index (χ0v) is 9.80. The van der Waals surface area contributed by atoms with Crippen LogP contribution in [0.15, 0.2) is 12.1 Å². The van der Waals surface area contributed by atoms with Crippen LogP contribution in [0.5, 0.6) is 0 Å². The van der Waals surface area contributed by atoms with Crippen LogP contribution >= 0.6 is 0 Å². The molecule has 0 saturated heterocycles. The summed E-state index contributed by atoms with van der Waals surface area (Å²) in [6.07, 6.45) is 2.67. The Morgan fingerprint density at radius 2 is 2.07 bits per heavy atom. The smallest absolute Gasteiger partial charge is 0.0354 e. The SMILES string of the molecule is CNC1c2c(C)ccc3c2C(CC3)C1C. The normalized spacial score (nSPS) is 32.1. The third kappa shape index (κ3) is 1.07. The molecule has 0 radical (unpaired) electrons. The van der Waals surface area contributed by atoms with Gasteiger partial charge in [0.25, 0.3) is 0 Å². The second-order valence-corrected chi connectivity index (χ2v) is 5.14. The molecule has 0 amide bonds. The van der Waals surface area contributed by atoms with Crippen LogP contribution in [-0.2, 0) is 6.42 Å². The fourth-order valence-electron chi connectivity index (χ4n) is 3.74. The maximum atomic E-state index is 3.50. The zero-order valence-electron chi connectivity index (χ0n) is 9.80. The van der Waals surface area contributed by atoms with Gasteiger partial charge in [-0.1, -0.05) is 19.1 Å². The molecule has 0 aromatic heterocycles. The molecular weight excluding hydrogens is 182 g/mol. The highest BCUT2D eigenvalue weighted by molar-refractivity contribution is 5.51. The number of benzene rings is 1. The summed E-state index contributed by atoms with van der Waals surface area (Å²) < 4.78 is 0. The number of rotatable bonds is 1. The van der Waals surface area contributed by atoms with Crippen molar-refractivity contribution in [2.45, 2.75) is 38.6 Å². The highest BCUT2D eigenvalue weighted by atomic mass is 14.9. The van der Waals surface area contributed by atoms with Crippen LogP contribution in [0.2, 0.25) is 0 Å². The first-order valence-electron chi connectivity index (χ1n) is 6.03. The van der Waals surface area contributed by atoms with Gasteiger partial charge in [-0.05, 0) is 60.9 Å². The van der Waals surface area contributed by atoms with Gasteiger partial charge in [0.15, 0.2) is 0 Å². The molecule has 1 nitrogen and oxygen atoms in total. The second-order valence-electron chi connectivity index (χ2n) is 5.14. The average molecular weight is 201 g/mol. The van der Waals surface area contributed by atoms with Crippen molar-refractivity contribution in [2.24, 2.45) is 5.92 Å². The summed E-state index contributed by atoms with van der Waals surface area (Å²) in [6, 6.07) is 5.24. The van der Waals surface area contributed by atoms with Gasteiger partial charge in [0.1, 0.15) is 0 Å². The van der Waals surface area contributed by atoms with Gasteiger partial charge < -0.3 is 5.32 Å². The van der Waals surface area contributed by atoms with E-state index in [2.05, 4.69) is 38.3 Å². The monoisotopic (exact) mass is 201 g/mol. The van der Waals surface area contributed by atoms with Crippen LogP contribution in [0, 0.1) is 12.8 Å². The van der Waals surface area contributed by atoms with Crippen LogP contribution in [-0.4, -0.2) is 7.05 Å². The minimum Gasteiger partial charge on any atom is -0.313 e. The Balaban J connectivity index is 2.24. The van der Waals surface area contributed by atoms with Crippen molar-refractivity contribution in [3.63, 3.8) is 0 Å². The van der Waals surface area contributed by atoms with E-state index in [1.54, 1.807) is 16.7 Å². The van der Waals surface area contributed by atoms with E-state index in [1.807, 2.05) is 0 Å². The molecule has 0 aliphatic heterocycles. The lowest BCUT2D eigenvalue weighted by molar-refractivity contribution is 0.381. The van der Waals surface area contributed by atoms with Crippen molar-refractivity contribution in [2.75, 3.05) is 7.05 Å². The van der Waals surface area contributed by atoms with E-state index >= 15 is 0 Å². The molecule has 0 fully saturated rings. The van der Waals surface area contributed by atoms with Gasteiger partial charge >= 0.3 is 0 Å². The van der Waals surface area contributed by atoms with Gasteiger partial charge in [-0.2, -0.15) is 0 Å². The fraction of sp³-hybridized carbons (Fsp3) is 0.571. The highest BCUT2D eigenvalue weighted by Gasteiger charge is 2.41. The van der Waals surface area contributed by atoms with Crippen molar-refractivity contribution < 1.29 is 0 Å². The number of hydrogen-bond acceptors (Lipinski definition) is 1. The number of nitrogens with one attached hydrogen (secondary N) is 1. The first-order chi connectivity index (χ1) is 7.24. The summed E-state index contributed by atoms with van der Waals surface area (Å²) in [4.78, 5) is 0. The number of hydrogen-bond donors (Lipinski definition) is 1. The van der Waals surface area contributed by atoms with Gasteiger partial charge in [-0.15, -0.1) is 0 Å². The minimum atomic E-state index is 0.588. The Morgan fingerprint density at radius 3 is 2.80 bits per heavy atom. The summed E-state index contributed by atoms with van der Waals surface area (Å²) in [7, 11) is 2.10. The fourth-order valence-corrected chi connectivity index (χ4v) is 3.74. The Labute approximate surface area is 91.9 Å². The van der Waals surface area contributed by atoms with E-state index in [-0.39, 0.29) is 0 Å². The van der Waals surface area contributed by atoms with Crippen molar-refractivity contribution in [3.8, 4) is 0 Å². The molecule has 1 N–H and O–H groups in total. The van der Waals surface area contributed by atoms with Crippen molar-refractivity contribution in [1.29, 1.82) is 0 Å². The molecule has 0 spiro atoms. The summed E-state index contributed by atoms with van der Waals surface area (Å²) >= 11 is 0. The lowest BCUT2D eigenvalue weighted by Gasteiger charge is -2.20. The topological polar surface area (TPSA) is 12.0 Å². The van der Waals surface area contributed by atoms with Crippen LogP contribution in [0.3, 0.4) is 0 Å². The maximum absolute atomic E-state index is 3.50. The Hall–Kier alpha value is -0.820. The lowest BCUT2D eigenvalue weighted by atomic mass is 9.92. The molecule has 2 aliphatic rings. The number of aryl methyl sites for hydroxylation is 2. The summed E-state index contributed by atoms with van der Waals surface area (Å²) in [5, 5.41) is 3.50. The first-order valence-corrected chi connectivity index (χ1v) is 6.03. The van der Waals surface area contributed by atoms with Crippen LogP contribution in [0.1, 0.15) is 47.6 Å². The van der Waals surface area contributed by atoms with E-state index in [1.165, 1.54) is 18.4 Å². The van der Waals surface area contributed by atoms with Gasteiger partial charge in [-0.25, -0.2) is 0 Å². The van der Waals surface area contributed by atoms with Crippen LogP contribution in [0.4, 0.5) is 0 Å². The quantitative estimate of drug-likeness (QED) is 0.736. The molecule has 3 unspecified atom stereocenters. The van der Waals surface area contributed by atoms with Gasteiger partial charge in [0, 0.05) is 6.04 Å². The molecule has 0 heterocycles. The Kier molecular flexibility index (Phi) is 1.93. The van der Waals surface area contributed by atoms with Crippen LogP contribution in [0.25, 0.3) is 0 Å². The predicted molar refractivity (Wildman–Crippen MR) is 63.2 cm³/mol. The summed E-state index contributed by atoms with van der Waals surface area (Å²) in [5.74, 6) is 1.60. The highest BCUT2D eigenvalue weighted by Crippen LogP contribution is 2.53. The minimum absolute atomic E-state index is 0.588. The standard InChI is InChI=1S/C14H19N/c1-8-4-5-10-6-7-11-9(2)14(15-3)12(8)13(10)11/h4-5,9,11,14-15H,6-7H2,1-3H3. The van der Waals surface area contributed by atoms with Gasteiger partial charge in [0.2, 0.25) is 0 Å². The molecular formula is C14H19N. The van der Waals surface area contributed by atoms with E-state index in [0.717, 1.165) is 11.8 Å². The van der Waals surface area contributed by atoms with E-state index in [9.17, 15) is 0 Å². The second kappa shape index (κ2) is 3.08. The molecule has 1 heteroatoms. The largest absolute Gasteiger partial charge is 0.313 e. The van der Waals surface area contributed by atoms with E-state index in [4.69, 9.17) is 0 Å². The van der Waals surface area contributed by atoms with Crippen molar-refractivity contribution in [3.05, 3.63) is 34.4 Å². The lowest BCUT2D eigenvalue weighted by Crippen LogP contribution is -2.21. The summed E-state index contributed by atoms with van der Waals surface area (Å²) in [6.45, 7) is 4.66. The zero-order chi connectivity index (χ0) is 10.6. The molecule has 0 saturated carbocycles. The Bertz CT molecular complexity index is 408. The van der Waals surface area contributed by atoms with Gasteiger partial charge in [-0.3, -0.25) is 0 Å². The van der Waals surface area contributed by atoms with Crippen molar-refractivity contribution >= 4 is 0 Å².